The maximum atomic E-state index is 11.4. The molecule has 0 radical (unpaired) electrons. The van der Waals surface area contributed by atoms with E-state index in [1.165, 1.54) is 0 Å². The minimum Gasteiger partial charge on any atom is -0.355 e. The van der Waals surface area contributed by atoms with Crippen LogP contribution < -0.4 is 21.9 Å². The second kappa shape index (κ2) is 7.89. The van der Waals surface area contributed by atoms with Crippen LogP contribution in [0.5, 0.6) is 0 Å². The number of aliphatic imine (C=N–C) groups is 1. The number of nitrogens with two attached hydrogens (primary N) is 1. The Morgan fingerprint density at radius 1 is 1.47 bits per heavy atom. The summed E-state index contributed by atoms with van der Waals surface area (Å²) in [5.74, 6) is 5.96. The van der Waals surface area contributed by atoms with E-state index < -0.39 is 0 Å². The SMILES string of the molecule is CCCCN=C(NN)NCCC(=O)NC1CC1. The van der Waals surface area contributed by atoms with Gasteiger partial charge in [-0.2, -0.15) is 0 Å². The Kier molecular flexibility index (Phi) is 6.39. The van der Waals surface area contributed by atoms with E-state index in [-0.39, 0.29) is 5.91 Å². The normalized spacial score (nSPS) is 15.5. The molecule has 1 saturated carbocycles. The molecule has 0 spiro atoms. The Morgan fingerprint density at radius 3 is 2.82 bits per heavy atom. The molecule has 1 amide bonds. The Morgan fingerprint density at radius 2 is 2.24 bits per heavy atom. The molecular weight excluding hydrogens is 218 g/mol. The lowest BCUT2D eigenvalue weighted by molar-refractivity contribution is -0.121. The van der Waals surface area contributed by atoms with Crippen molar-refractivity contribution in [3.63, 3.8) is 0 Å². The van der Waals surface area contributed by atoms with Gasteiger partial charge in [0.25, 0.3) is 0 Å². The maximum Gasteiger partial charge on any atom is 0.221 e. The number of carbonyl (C=O) groups excluding carboxylic acids is 1. The number of nitrogens with zero attached hydrogens (tertiary/aromatic N) is 1. The van der Waals surface area contributed by atoms with Gasteiger partial charge in [-0.15, -0.1) is 0 Å². The highest BCUT2D eigenvalue weighted by atomic mass is 16.1. The van der Waals surface area contributed by atoms with Gasteiger partial charge in [0.2, 0.25) is 11.9 Å². The molecule has 98 valence electrons. The van der Waals surface area contributed by atoms with E-state index in [0.717, 1.165) is 32.2 Å². The molecule has 0 aromatic rings. The van der Waals surface area contributed by atoms with E-state index >= 15 is 0 Å². The quantitative estimate of drug-likeness (QED) is 0.164. The Hall–Kier alpha value is -1.30. The fraction of sp³-hybridized carbons (Fsp3) is 0.818. The molecule has 0 saturated heterocycles. The zero-order valence-corrected chi connectivity index (χ0v) is 10.5. The number of guanidine groups is 1. The third kappa shape index (κ3) is 6.78. The summed E-state index contributed by atoms with van der Waals surface area (Å²) in [6.45, 7) is 3.41. The summed E-state index contributed by atoms with van der Waals surface area (Å²) in [6.07, 6.45) is 4.83. The van der Waals surface area contributed by atoms with Gasteiger partial charge in [0, 0.05) is 25.6 Å². The van der Waals surface area contributed by atoms with Crippen molar-refractivity contribution < 1.29 is 4.79 Å². The van der Waals surface area contributed by atoms with Crippen molar-refractivity contribution in [1.82, 2.24) is 16.1 Å². The van der Waals surface area contributed by atoms with Gasteiger partial charge >= 0.3 is 0 Å². The summed E-state index contributed by atoms with van der Waals surface area (Å²) < 4.78 is 0. The number of unbranched alkanes of at least 4 members (excludes halogenated alkanes) is 1. The highest BCUT2D eigenvalue weighted by Crippen LogP contribution is 2.18. The molecule has 0 aromatic heterocycles. The third-order valence-corrected chi connectivity index (χ3v) is 2.51. The molecule has 0 unspecified atom stereocenters. The van der Waals surface area contributed by atoms with Crippen LogP contribution in [0, 0.1) is 0 Å². The summed E-state index contributed by atoms with van der Waals surface area (Å²) in [5.41, 5.74) is 2.49. The summed E-state index contributed by atoms with van der Waals surface area (Å²) in [5, 5.41) is 5.93. The smallest absolute Gasteiger partial charge is 0.221 e. The van der Waals surface area contributed by atoms with E-state index in [2.05, 4.69) is 28.0 Å². The predicted octanol–water partition coefficient (Wildman–Crippen LogP) is -0.136. The molecule has 0 bridgehead atoms. The van der Waals surface area contributed by atoms with E-state index in [0.29, 0.717) is 25.0 Å². The maximum absolute atomic E-state index is 11.4. The van der Waals surface area contributed by atoms with Crippen LogP contribution in [0.15, 0.2) is 4.99 Å². The molecule has 0 heterocycles. The number of amides is 1. The van der Waals surface area contributed by atoms with Crippen LogP contribution in [0.25, 0.3) is 0 Å². The van der Waals surface area contributed by atoms with Gasteiger partial charge in [0.05, 0.1) is 0 Å². The Labute approximate surface area is 102 Å². The largest absolute Gasteiger partial charge is 0.355 e. The zero-order chi connectivity index (χ0) is 12.5. The second-order valence-corrected chi connectivity index (χ2v) is 4.25. The molecule has 1 aliphatic rings. The monoisotopic (exact) mass is 241 g/mol. The van der Waals surface area contributed by atoms with Crippen LogP contribution in [0.3, 0.4) is 0 Å². The number of rotatable bonds is 7. The Bertz CT molecular complexity index is 263. The minimum atomic E-state index is 0.0879. The third-order valence-electron chi connectivity index (χ3n) is 2.51. The van der Waals surface area contributed by atoms with Gasteiger partial charge in [-0.25, -0.2) is 5.84 Å². The second-order valence-electron chi connectivity index (χ2n) is 4.25. The van der Waals surface area contributed by atoms with Crippen molar-refractivity contribution in [3.05, 3.63) is 0 Å². The molecule has 6 nitrogen and oxygen atoms in total. The van der Waals surface area contributed by atoms with E-state index in [1.807, 2.05) is 0 Å². The van der Waals surface area contributed by atoms with Crippen molar-refractivity contribution in [2.24, 2.45) is 10.8 Å². The van der Waals surface area contributed by atoms with Gasteiger partial charge in [0.15, 0.2) is 0 Å². The van der Waals surface area contributed by atoms with Crippen LogP contribution in [0.1, 0.15) is 39.0 Å². The van der Waals surface area contributed by atoms with Gasteiger partial charge in [-0.1, -0.05) is 13.3 Å². The molecule has 0 atom stereocenters. The number of carbonyl (C=O) groups is 1. The lowest BCUT2D eigenvalue weighted by atomic mass is 10.3. The van der Waals surface area contributed by atoms with Crippen LogP contribution in [-0.4, -0.2) is 31.0 Å². The average Bonchev–Trinajstić information content (AvgIpc) is 3.11. The van der Waals surface area contributed by atoms with Crippen molar-refractivity contribution in [2.45, 2.75) is 45.1 Å². The fourth-order valence-corrected chi connectivity index (χ4v) is 1.32. The Balaban J connectivity index is 2.08. The lowest BCUT2D eigenvalue weighted by Gasteiger charge is -2.09. The van der Waals surface area contributed by atoms with Crippen LogP contribution in [0.2, 0.25) is 0 Å². The topological polar surface area (TPSA) is 91.5 Å². The minimum absolute atomic E-state index is 0.0879. The summed E-state index contributed by atoms with van der Waals surface area (Å²) in [6, 6.07) is 0.424. The summed E-state index contributed by atoms with van der Waals surface area (Å²) in [4.78, 5) is 15.6. The molecule has 5 N–H and O–H groups in total. The molecule has 0 aromatic carbocycles. The van der Waals surface area contributed by atoms with Gasteiger partial charge in [-0.3, -0.25) is 15.2 Å². The molecule has 17 heavy (non-hydrogen) atoms. The van der Waals surface area contributed by atoms with Gasteiger partial charge < -0.3 is 10.6 Å². The first kappa shape index (κ1) is 13.8. The number of hydrazine groups is 1. The number of hydrogen-bond acceptors (Lipinski definition) is 3. The van der Waals surface area contributed by atoms with Crippen molar-refractivity contribution in [1.29, 1.82) is 0 Å². The number of nitrogens with one attached hydrogen (secondary N) is 3. The van der Waals surface area contributed by atoms with Crippen LogP contribution in [-0.2, 0) is 4.79 Å². The fourth-order valence-electron chi connectivity index (χ4n) is 1.32. The molecule has 1 fully saturated rings. The molecule has 1 rings (SSSR count). The standard InChI is InChI=1S/C11H23N5O/c1-2-3-7-13-11(16-12)14-8-6-10(17)15-9-4-5-9/h9H,2-8,12H2,1H3,(H,15,17)(H2,13,14,16). The molecule has 1 aliphatic carbocycles. The zero-order valence-electron chi connectivity index (χ0n) is 10.5. The average molecular weight is 241 g/mol. The number of hydrogen-bond donors (Lipinski definition) is 4. The van der Waals surface area contributed by atoms with Gasteiger partial charge in [0.1, 0.15) is 0 Å². The first-order valence-corrected chi connectivity index (χ1v) is 6.30. The highest BCUT2D eigenvalue weighted by Gasteiger charge is 2.22. The predicted molar refractivity (Wildman–Crippen MR) is 68.3 cm³/mol. The van der Waals surface area contributed by atoms with Crippen LogP contribution >= 0.6 is 0 Å². The molecular formula is C11H23N5O. The van der Waals surface area contributed by atoms with Crippen molar-refractivity contribution in [2.75, 3.05) is 13.1 Å². The van der Waals surface area contributed by atoms with Crippen molar-refractivity contribution >= 4 is 11.9 Å². The molecule has 6 heteroatoms. The first-order chi connectivity index (χ1) is 8.26. The van der Waals surface area contributed by atoms with Gasteiger partial charge in [-0.05, 0) is 19.3 Å². The summed E-state index contributed by atoms with van der Waals surface area (Å²) in [7, 11) is 0. The summed E-state index contributed by atoms with van der Waals surface area (Å²) >= 11 is 0. The van der Waals surface area contributed by atoms with Crippen molar-refractivity contribution in [3.8, 4) is 0 Å². The van der Waals surface area contributed by atoms with E-state index in [9.17, 15) is 4.79 Å². The first-order valence-electron chi connectivity index (χ1n) is 6.30. The van der Waals surface area contributed by atoms with E-state index in [1.54, 1.807) is 0 Å². The molecule has 0 aliphatic heterocycles. The lowest BCUT2D eigenvalue weighted by Crippen LogP contribution is -2.43. The van der Waals surface area contributed by atoms with E-state index in [4.69, 9.17) is 5.84 Å². The van der Waals surface area contributed by atoms with Crippen LogP contribution in [0.4, 0.5) is 0 Å². The highest BCUT2D eigenvalue weighted by molar-refractivity contribution is 5.81.